The highest BCUT2D eigenvalue weighted by Gasteiger charge is 2.28. The number of aryl methyl sites for hydroxylation is 3. The van der Waals surface area contributed by atoms with Gasteiger partial charge in [0, 0.05) is 26.1 Å². The van der Waals surface area contributed by atoms with Gasteiger partial charge in [0.25, 0.3) is 11.5 Å². The molecule has 5 rings (SSSR count). The molecule has 174 valence electrons. The molecule has 33 heavy (non-hydrogen) atoms. The van der Waals surface area contributed by atoms with Crippen LogP contribution in [0.5, 0.6) is 5.75 Å². The third-order valence-corrected chi connectivity index (χ3v) is 8.26. The van der Waals surface area contributed by atoms with Gasteiger partial charge in [-0.05, 0) is 75.1 Å². The molecule has 1 fully saturated rings. The van der Waals surface area contributed by atoms with E-state index in [1.54, 1.807) is 4.57 Å². The molecule has 2 aliphatic rings. The van der Waals surface area contributed by atoms with Gasteiger partial charge in [0.15, 0.2) is 0 Å². The van der Waals surface area contributed by atoms with E-state index in [1.807, 2.05) is 30.9 Å². The van der Waals surface area contributed by atoms with Crippen LogP contribution in [0.1, 0.15) is 59.2 Å². The van der Waals surface area contributed by atoms with Crippen LogP contribution in [0.3, 0.4) is 0 Å². The lowest BCUT2D eigenvalue weighted by Crippen LogP contribution is -2.38. The minimum absolute atomic E-state index is 0.0216. The number of carbonyl (C=O) groups excluding carboxylic acids is 1. The average Bonchev–Trinajstić information content (AvgIpc) is 3.44. The Balaban J connectivity index is 1.21. The first-order valence-electron chi connectivity index (χ1n) is 12.1. The summed E-state index contributed by atoms with van der Waals surface area (Å²) in [6.45, 7) is 6.89. The fourth-order valence-corrected chi connectivity index (χ4v) is 6.30. The van der Waals surface area contributed by atoms with Gasteiger partial charge in [0.2, 0.25) is 0 Å². The first-order chi connectivity index (χ1) is 16.0. The standard InChI is InChI=1S/C26H31N3O3S/c1-3-32-20-10-8-18(9-11-20)6-7-19-12-15-28(16-13-19)26(31)23-17(2)22-24(33-23)27-21-5-4-14-29(21)25(22)30/h8-11,19H,3-7,12-16H2,1-2H3. The molecule has 1 saturated heterocycles. The summed E-state index contributed by atoms with van der Waals surface area (Å²) in [6, 6.07) is 8.40. The van der Waals surface area contributed by atoms with Gasteiger partial charge in [0.05, 0.1) is 16.9 Å². The van der Waals surface area contributed by atoms with Crippen molar-refractivity contribution in [2.75, 3.05) is 19.7 Å². The largest absolute Gasteiger partial charge is 0.494 e. The van der Waals surface area contributed by atoms with Crippen LogP contribution in [0.15, 0.2) is 29.1 Å². The number of nitrogens with zero attached hydrogens (tertiary/aromatic N) is 3. The maximum absolute atomic E-state index is 13.3. The molecule has 0 bridgehead atoms. The fourth-order valence-electron chi connectivity index (χ4n) is 5.14. The SMILES string of the molecule is CCOc1ccc(CCC2CCN(C(=O)c3sc4nc5n(c(=O)c4c3C)CCC5)CC2)cc1. The molecule has 7 heteroatoms. The molecule has 3 aromatic rings. The zero-order valence-corrected chi connectivity index (χ0v) is 20.2. The van der Waals surface area contributed by atoms with Crippen molar-refractivity contribution in [3.8, 4) is 5.75 Å². The van der Waals surface area contributed by atoms with Crippen molar-refractivity contribution in [2.24, 2.45) is 5.92 Å². The van der Waals surface area contributed by atoms with Gasteiger partial charge in [0.1, 0.15) is 16.4 Å². The summed E-state index contributed by atoms with van der Waals surface area (Å²) in [5, 5.41) is 0.638. The van der Waals surface area contributed by atoms with Gasteiger partial charge < -0.3 is 9.64 Å². The van der Waals surface area contributed by atoms with E-state index in [4.69, 9.17) is 9.72 Å². The molecule has 0 aliphatic carbocycles. The van der Waals surface area contributed by atoms with Crippen LogP contribution in [-0.2, 0) is 19.4 Å². The number of fused-ring (bicyclic) bond motifs is 2. The second-order valence-electron chi connectivity index (χ2n) is 9.18. The van der Waals surface area contributed by atoms with Gasteiger partial charge in [-0.1, -0.05) is 12.1 Å². The summed E-state index contributed by atoms with van der Waals surface area (Å²) in [4.78, 5) is 34.3. The van der Waals surface area contributed by atoms with Crippen LogP contribution in [0.2, 0.25) is 0 Å². The Kier molecular flexibility index (Phi) is 6.23. The van der Waals surface area contributed by atoms with Crippen molar-refractivity contribution in [1.29, 1.82) is 0 Å². The molecule has 1 amide bonds. The highest BCUT2D eigenvalue weighted by molar-refractivity contribution is 7.20. The lowest BCUT2D eigenvalue weighted by atomic mass is 9.90. The number of carbonyl (C=O) groups is 1. The number of amides is 1. The van der Waals surface area contributed by atoms with Crippen LogP contribution >= 0.6 is 11.3 Å². The summed E-state index contributed by atoms with van der Waals surface area (Å²) in [5.74, 6) is 2.48. The van der Waals surface area contributed by atoms with E-state index in [2.05, 4.69) is 12.1 Å². The minimum atomic E-state index is 0.0216. The summed E-state index contributed by atoms with van der Waals surface area (Å²) in [5.41, 5.74) is 2.16. The van der Waals surface area contributed by atoms with E-state index in [0.29, 0.717) is 22.8 Å². The summed E-state index contributed by atoms with van der Waals surface area (Å²) < 4.78 is 7.31. The number of hydrogen-bond acceptors (Lipinski definition) is 5. The number of thiophene rings is 1. The van der Waals surface area contributed by atoms with Crippen LogP contribution in [0.4, 0.5) is 0 Å². The maximum Gasteiger partial charge on any atom is 0.264 e. The Hall–Kier alpha value is -2.67. The lowest BCUT2D eigenvalue weighted by Gasteiger charge is -2.32. The first-order valence-corrected chi connectivity index (χ1v) is 12.9. The number of aromatic nitrogens is 2. The normalized spacial score (nSPS) is 16.4. The maximum atomic E-state index is 13.3. The third kappa shape index (κ3) is 4.31. The van der Waals surface area contributed by atoms with Crippen molar-refractivity contribution in [3.63, 3.8) is 0 Å². The van der Waals surface area contributed by atoms with Crippen molar-refractivity contribution in [1.82, 2.24) is 14.5 Å². The second-order valence-corrected chi connectivity index (χ2v) is 10.2. The van der Waals surface area contributed by atoms with E-state index in [-0.39, 0.29) is 11.5 Å². The molecule has 0 unspecified atom stereocenters. The monoisotopic (exact) mass is 465 g/mol. The Bertz CT molecular complexity index is 1220. The Morgan fingerprint density at radius 2 is 1.94 bits per heavy atom. The van der Waals surface area contributed by atoms with E-state index >= 15 is 0 Å². The molecule has 0 spiro atoms. The number of benzene rings is 1. The fraction of sp³-hybridized carbons (Fsp3) is 0.500. The Labute approximate surface area is 198 Å². The van der Waals surface area contributed by atoms with Gasteiger partial charge in [-0.25, -0.2) is 4.98 Å². The van der Waals surface area contributed by atoms with E-state index < -0.39 is 0 Å². The Morgan fingerprint density at radius 3 is 2.67 bits per heavy atom. The Morgan fingerprint density at radius 1 is 1.18 bits per heavy atom. The summed E-state index contributed by atoms with van der Waals surface area (Å²) >= 11 is 1.39. The molecule has 6 nitrogen and oxygen atoms in total. The molecule has 4 heterocycles. The van der Waals surface area contributed by atoms with Crippen LogP contribution in [-0.4, -0.2) is 40.1 Å². The van der Waals surface area contributed by atoms with Gasteiger partial charge >= 0.3 is 0 Å². The van der Waals surface area contributed by atoms with E-state index in [1.165, 1.54) is 16.9 Å². The molecule has 0 atom stereocenters. The van der Waals surface area contributed by atoms with Crippen molar-refractivity contribution >= 4 is 27.5 Å². The van der Waals surface area contributed by atoms with Crippen molar-refractivity contribution in [3.05, 3.63) is 56.4 Å². The predicted molar refractivity (Wildman–Crippen MR) is 131 cm³/mol. The molecule has 1 aromatic carbocycles. The second kappa shape index (κ2) is 9.29. The van der Waals surface area contributed by atoms with Gasteiger partial charge in [-0.2, -0.15) is 0 Å². The summed E-state index contributed by atoms with van der Waals surface area (Å²) in [7, 11) is 0. The van der Waals surface area contributed by atoms with Crippen molar-refractivity contribution in [2.45, 2.75) is 58.9 Å². The molecule has 0 saturated carbocycles. The third-order valence-electron chi connectivity index (χ3n) is 7.08. The topological polar surface area (TPSA) is 64.4 Å². The predicted octanol–water partition coefficient (Wildman–Crippen LogP) is 4.60. The van der Waals surface area contributed by atoms with E-state index in [9.17, 15) is 9.59 Å². The molecule has 0 N–H and O–H groups in total. The van der Waals surface area contributed by atoms with Gasteiger partial charge in [-0.3, -0.25) is 14.2 Å². The molecule has 2 aliphatic heterocycles. The minimum Gasteiger partial charge on any atom is -0.494 e. The summed E-state index contributed by atoms with van der Waals surface area (Å²) in [6.07, 6.45) is 6.07. The number of rotatable bonds is 6. The van der Waals surface area contributed by atoms with Crippen LogP contribution in [0, 0.1) is 12.8 Å². The van der Waals surface area contributed by atoms with E-state index in [0.717, 1.165) is 80.1 Å². The van der Waals surface area contributed by atoms with Crippen LogP contribution in [0.25, 0.3) is 10.2 Å². The number of hydrogen-bond donors (Lipinski definition) is 0. The molecular weight excluding hydrogens is 434 g/mol. The molecular formula is C26H31N3O3S. The quantitative estimate of drug-likeness (QED) is 0.534. The zero-order valence-electron chi connectivity index (χ0n) is 19.4. The van der Waals surface area contributed by atoms with Crippen LogP contribution < -0.4 is 10.3 Å². The smallest absolute Gasteiger partial charge is 0.264 e. The number of likely N-dealkylation sites (tertiary alicyclic amines) is 1. The molecule has 2 aromatic heterocycles. The average molecular weight is 466 g/mol. The number of piperidine rings is 1. The van der Waals surface area contributed by atoms with Crippen molar-refractivity contribution < 1.29 is 9.53 Å². The zero-order chi connectivity index (χ0) is 22.9. The van der Waals surface area contributed by atoms with Gasteiger partial charge in [-0.15, -0.1) is 11.3 Å². The highest BCUT2D eigenvalue weighted by atomic mass is 32.1. The first kappa shape index (κ1) is 22.1. The molecule has 0 radical (unpaired) electrons. The lowest BCUT2D eigenvalue weighted by molar-refractivity contribution is 0.0691. The highest BCUT2D eigenvalue weighted by Crippen LogP contribution is 2.31. The number of ether oxygens (including phenoxy) is 1.